The molecule has 1 heterocycles. The molecule has 1 aromatic carbocycles. The van der Waals surface area contributed by atoms with Crippen LogP contribution in [0.2, 0.25) is 0 Å². The molecule has 0 aromatic heterocycles. The average molecular weight is 318 g/mol. The molecule has 1 saturated heterocycles. The molecule has 1 aliphatic rings. The molecule has 21 heavy (non-hydrogen) atoms. The summed E-state index contributed by atoms with van der Waals surface area (Å²) in [7, 11) is -4.02. The van der Waals surface area contributed by atoms with Gasteiger partial charge in [0, 0.05) is 0 Å². The number of hydrogen-bond donors (Lipinski definition) is 2. The summed E-state index contributed by atoms with van der Waals surface area (Å²) < 4.78 is 40.2. The van der Waals surface area contributed by atoms with Gasteiger partial charge in [-0.1, -0.05) is 17.7 Å². The van der Waals surface area contributed by atoms with Gasteiger partial charge in [-0.2, -0.15) is 8.42 Å². The maximum absolute atomic E-state index is 10.5. The molecule has 0 bridgehead atoms. The van der Waals surface area contributed by atoms with Crippen LogP contribution in [-0.4, -0.2) is 43.2 Å². The summed E-state index contributed by atoms with van der Waals surface area (Å²) in [6.07, 6.45) is 0.753. The van der Waals surface area contributed by atoms with Crippen LogP contribution in [-0.2, 0) is 19.6 Å². The molecule has 0 amide bonds. The molecule has 1 fully saturated rings. The van der Waals surface area contributed by atoms with Crippen LogP contribution in [0.25, 0.3) is 0 Å². The molecule has 7 heteroatoms. The van der Waals surface area contributed by atoms with Gasteiger partial charge < -0.3 is 14.6 Å². The zero-order chi connectivity index (χ0) is 16.1. The van der Waals surface area contributed by atoms with Gasteiger partial charge in [-0.3, -0.25) is 4.55 Å². The second-order valence-electron chi connectivity index (χ2n) is 5.25. The summed E-state index contributed by atoms with van der Waals surface area (Å²) in [4.78, 5) is -0.0666. The van der Waals surface area contributed by atoms with Crippen LogP contribution in [0.5, 0.6) is 0 Å². The summed E-state index contributed by atoms with van der Waals surface area (Å²) in [6.45, 7) is 6.32. The number of aliphatic hydroxyl groups is 1. The summed E-state index contributed by atoms with van der Waals surface area (Å²) >= 11 is 0. The molecule has 1 aromatic rings. The molecule has 1 atom stereocenters. The quantitative estimate of drug-likeness (QED) is 0.807. The lowest BCUT2D eigenvalue weighted by Crippen LogP contribution is -2.41. The molecule has 0 spiro atoms. The van der Waals surface area contributed by atoms with Gasteiger partial charge in [0.2, 0.25) is 0 Å². The lowest BCUT2D eigenvalue weighted by molar-refractivity contribution is -0.277. The van der Waals surface area contributed by atoms with Gasteiger partial charge in [0.15, 0.2) is 5.79 Å². The highest BCUT2D eigenvalue weighted by molar-refractivity contribution is 7.85. The maximum Gasteiger partial charge on any atom is 0.294 e. The smallest absolute Gasteiger partial charge is 0.294 e. The Hall–Kier alpha value is -0.990. The number of aryl methyl sites for hydroxylation is 1. The predicted octanol–water partition coefficient (Wildman–Crippen LogP) is 1.76. The molecule has 0 saturated carbocycles. The molecule has 120 valence electrons. The summed E-state index contributed by atoms with van der Waals surface area (Å²) in [5.74, 6) is -0.508. The minimum absolute atomic E-state index is 0.0382. The van der Waals surface area contributed by atoms with E-state index in [1.165, 1.54) is 12.1 Å². The van der Waals surface area contributed by atoms with Gasteiger partial charge >= 0.3 is 0 Å². The summed E-state index contributed by atoms with van der Waals surface area (Å²) in [6, 6.07) is 5.99. The van der Waals surface area contributed by atoms with Crippen molar-refractivity contribution < 1.29 is 27.6 Å². The molecular weight excluding hydrogens is 296 g/mol. The van der Waals surface area contributed by atoms with Crippen molar-refractivity contribution >= 4 is 10.1 Å². The number of rotatable bonds is 2. The second kappa shape index (κ2) is 7.33. The first-order valence-electron chi connectivity index (χ1n) is 6.61. The minimum Gasteiger partial charge on any atom is -0.394 e. The van der Waals surface area contributed by atoms with Crippen LogP contribution < -0.4 is 0 Å². The molecule has 1 aliphatic heterocycles. The van der Waals surface area contributed by atoms with Crippen molar-refractivity contribution in [2.75, 3.05) is 13.2 Å². The molecule has 1 unspecified atom stereocenters. The number of aliphatic hydroxyl groups excluding tert-OH is 1. The van der Waals surface area contributed by atoms with E-state index in [1.54, 1.807) is 12.1 Å². The zero-order valence-electron chi connectivity index (χ0n) is 12.4. The van der Waals surface area contributed by atoms with Crippen molar-refractivity contribution in [3.05, 3.63) is 29.8 Å². The lowest BCUT2D eigenvalue weighted by Gasteiger charge is -2.35. The van der Waals surface area contributed by atoms with Crippen LogP contribution in [0, 0.1) is 6.92 Å². The molecule has 2 N–H and O–H groups in total. The van der Waals surface area contributed by atoms with Crippen LogP contribution in [0.1, 0.15) is 25.8 Å². The third-order valence-electron chi connectivity index (χ3n) is 2.86. The largest absolute Gasteiger partial charge is 0.394 e. The van der Waals surface area contributed by atoms with Crippen LogP contribution in [0.3, 0.4) is 0 Å². The van der Waals surface area contributed by atoms with Gasteiger partial charge in [-0.15, -0.1) is 0 Å². The van der Waals surface area contributed by atoms with E-state index >= 15 is 0 Å². The Morgan fingerprint density at radius 1 is 1.29 bits per heavy atom. The Morgan fingerprint density at radius 2 is 1.86 bits per heavy atom. The van der Waals surface area contributed by atoms with Crippen molar-refractivity contribution in [1.82, 2.24) is 0 Å². The van der Waals surface area contributed by atoms with E-state index in [2.05, 4.69) is 0 Å². The molecule has 0 aliphatic carbocycles. The average Bonchev–Trinajstić information content (AvgIpc) is 2.37. The van der Waals surface area contributed by atoms with E-state index in [4.69, 9.17) is 19.1 Å². The Balaban J connectivity index is 0.000000211. The zero-order valence-corrected chi connectivity index (χ0v) is 13.3. The normalized spacial score (nSPS) is 21.3. The van der Waals surface area contributed by atoms with Crippen LogP contribution in [0.15, 0.2) is 29.2 Å². The van der Waals surface area contributed by atoms with Crippen molar-refractivity contribution in [2.45, 2.75) is 44.0 Å². The lowest BCUT2D eigenvalue weighted by atomic mass is 10.2. The fraction of sp³-hybridized carbons (Fsp3) is 0.571. The Bertz CT molecular complexity index is 535. The SMILES string of the molecule is CC1(C)OCCC(CO)O1.Cc1ccc(S(=O)(=O)O)cc1. The molecule has 2 rings (SSSR count). The monoisotopic (exact) mass is 318 g/mol. The Labute approximate surface area is 125 Å². The number of benzene rings is 1. The third kappa shape index (κ3) is 6.54. The molecular formula is C14H22O6S. The standard InChI is InChI=1S/C7H8O3S.C7H14O3/c1-6-2-4-7(5-3-6)11(8,9)10;1-7(2)9-4-3-6(5-8)10-7/h2-5H,1H3,(H,8,9,10);6,8H,3-5H2,1-2H3. The Kier molecular flexibility index (Phi) is 6.30. The summed E-state index contributed by atoms with van der Waals surface area (Å²) in [5, 5.41) is 8.74. The van der Waals surface area contributed by atoms with Gasteiger partial charge in [0.25, 0.3) is 10.1 Å². The van der Waals surface area contributed by atoms with Gasteiger partial charge in [-0.25, -0.2) is 0 Å². The van der Waals surface area contributed by atoms with Crippen LogP contribution >= 0.6 is 0 Å². The van der Waals surface area contributed by atoms with Gasteiger partial charge in [0.05, 0.1) is 24.2 Å². The van der Waals surface area contributed by atoms with Crippen molar-refractivity contribution in [1.29, 1.82) is 0 Å². The van der Waals surface area contributed by atoms with Gasteiger partial charge in [0.1, 0.15) is 0 Å². The van der Waals surface area contributed by atoms with E-state index in [1.807, 2.05) is 20.8 Å². The maximum atomic E-state index is 10.5. The van der Waals surface area contributed by atoms with E-state index < -0.39 is 15.9 Å². The summed E-state index contributed by atoms with van der Waals surface area (Å²) in [5.41, 5.74) is 0.956. The van der Waals surface area contributed by atoms with E-state index in [0.717, 1.165) is 12.0 Å². The first-order chi connectivity index (χ1) is 9.64. The highest BCUT2D eigenvalue weighted by atomic mass is 32.2. The first-order valence-corrected chi connectivity index (χ1v) is 8.05. The van der Waals surface area contributed by atoms with Gasteiger partial charge in [-0.05, 0) is 39.3 Å². The third-order valence-corrected chi connectivity index (χ3v) is 3.73. The highest BCUT2D eigenvalue weighted by Gasteiger charge is 2.28. The first kappa shape index (κ1) is 18.1. The van der Waals surface area contributed by atoms with E-state index in [0.29, 0.717) is 6.61 Å². The van der Waals surface area contributed by atoms with E-state index in [9.17, 15) is 8.42 Å². The fourth-order valence-electron chi connectivity index (χ4n) is 1.77. The Morgan fingerprint density at radius 3 is 2.24 bits per heavy atom. The number of hydrogen-bond acceptors (Lipinski definition) is 5. The topological polar surface area (TPSA) is 93.1 Å². The fourth-order valence-corrected chi connectivity index (χ4v) is 2.25. The second-order valence-corrected chi connectivity index (χ2v) is 6.67. The van der Waals surface area contributed by atoms with Crippen molar-refractivity contribution in [2.24, 2.45) is 0 Å². The van der Waals surface area contributed by atoms with Crippen molar-refractivity contribution in [3.63, 3.8) is 0 Å². The predicted molar refractivity (Wildman–Crippen MR) is 77.6 cm³/mol. The highest BCUT2D eigenvalue weighted by Crippen LogP contribution is 2.21. The van der Waals surface area contributed by atoms with Crippen molar-refractivity contribution in [3.8, 4) is 0 Å². The van der Waals surface area contributed by atoms with E-state index in [-0.39, 0.29) is 17.6 Å². The molecule has 0 radical (unpaired) electrons. The molecule has 6 nitrogen and oxygen atoms in total. The number of ether oxygens (including phenoxy) is 2. The van der Waals surface area contributed by atoms with Crippen LogP contribution in [0.4, 0.5) is 0 Å². The minimum atomic E-state index is -4.02.